The van der Waals surface area contributed by atoms with Crippen LogP contribution in [0.4, 0.5) is 5.82 Å². The van der Waals surface area contributed by atoms with Crippen LogP contribution in [0.5, 0.6) is 11.5 Å². The Morgan fingerprint density at radius 3 is 2.43 bits per heavy atom. The molecule has 1 aromatic heterocycles. The molecule has 1 amide bonds. The van der Waals surface area contributed by atoms with E-state index in [1.165, 1.54) is 12.8 Å². The van der Waals surface area contributed by atoms with Crippen molar-refractivity contribution in [3.63, 3.8) is 0 Å². The van der Waals surface area contributed by atoms with E-state index in [0.29, 0.717) is 29.7 Å². The van der Waals surface area contributed by atoms with Gasteiger partial charge < -0.3 is 14.8 Å². The minimum absolute atomic E-state index is 0.0762. The van der Waals surface area contributed by atoms with E-state index < -0.39 is 0 Å². The van der Waals surface area contributed by atoms with Gasteiger partial charge in [-0.3, -0.25) is 9.89 Å². The molecule has 1 aliphatic carbocycles. The van der Waals surface area contributed by atoms with Crippen molar-refractivity contribution < 1.29 is 14.3 Å². The molecule has 0 unspecified atom stereocenters. The highest BCUT2D eigenvalue weighted by molar-refractivity contribution is 5.91. The largest absolute Gasteiger partial charge is 0.493 e. The number of nitrogens with zero attached hydrogens (tertiary/aromatic N) is 1. The van der Waals surface area contributed by atoms with Gasteiger partial charge in [-0.2, -0.15) is 5.10 Å². The van der Waals surface area contributed by atoms with E-state index in [-0.39, 0.29) is 5.91 Å². The van der Waals surface area contributed by atoms with Crippen LogP contribution in [0.1, 0.15) is 30.0 Å². The summed E-state index contributed by atoms with van der Waals surface area (Å²) in [6.07, 6.45) is 2.70. The smallest absolute Gasteiger partial charge is 0.229 e. The van der Waals surface area contributed by atoms with Crippen LogP contribution in [0.2, 0.25) is 0 Å². The van der Waals surface area contributed by atoms with Gasteiger partial charge in [0.05, 0.1) is 20.6 Å². The molecule has 6 heteroatoms. The molecule has 0 atom stereocenters. The molecular formula is C22H23N3O3. The number of benzene rings is 2. The third kappa shape index (κ3) is 4.01. The monoisotopic (exact) mass is 377 g/mol. The lowest BCUT2D eigenvalue weighted by atomic mass is 10.0. The zero-order chi connectivity index (χ0) is 19.5. The summed E-state index contributed by atoms with van der Waals surface area (Å²) in [5, 5.41) is 10.0. The number of rotatable bonds is 7. The Kier molecular flexibility index (Phi) is 5.02. The number of methoxy groups -OCH3 is 2. The van der Waals surface area contributed by atoms with Crippen LogP contribution >= 0.6 is 0 Å². The van der Waals surface area contributed by atoms with Gasteiger partial charge in [-0.15, -0.1) is 0 Å². The summed E-state index contributed by atoms with van der Waals surface area (Å²) in [6, 6.07) is 15.7. The van der Waals surface area contributed by atoms with E-state index in [0.717, 1.165) is 22.4 Å². The van der Waals surface area contributed by atoms with E-state index in [1.807, 2.05) is 48.5 Å². The third-order valence-corrected chi connectivity index (χ3v) is 4.92. The van der Waals surface area contributed by atoms with E-state index in [9.17, 15) is 4.79 Å². The molecule has 0 radical (unpaired) electrons. The van der Waals surface area contributed by atoms with Gasteiger partial charge >= 0.3 is 0 Å². The van der Waals surface area contributed by atoms with Gasteiger partial charge in [0.25, 0.3) is 0 Å². The van der Waals surface area contributed by atoms with Crippen molar-refractivity contribution in [2.24, 2.45) is 0 Å². The van der Waals surface area contributed by atoms with Crippen molar-refractivity contribution in [1.82, 2.24) is 10.2 Å². The first-order valence-corrected chi connectivity index (χ1v) is 9.33. The first kappa shape index (κ1) is 18.1. The van der Waals surface area contributed by atoms with Gasteiger partial charge in [0.2, 0.25) is 5.91 Å². The van der Waals surface area contributed by atoms with Crippen molar-refractivity contribution in [2.75, 3.05) is 19.5 Å². The van der Waals surface area contributed by atoms with Crippen LogP contribution in [0, 0.1) is 0 Å². The fourth-order valence-corrected chi connectivity index (χ4v) is 3.21. The molecule has 3 aromatic rings. The SMILES string of the molecule is COc1ccc(-c2ccc(CC(=O)Nc3cc(C4CC4)[nH]n3)cc2)cc1OC. The molecule has 144 valence electrons. The highest BCUT2D eigenvalue weighted by Crippen LogP contribution is 2.39. The minimum atomic E-state index is -0.0762. The van der Waals surface area contributed by atoms with E-state index >= 15 is 0 Å². The lowest BCUT2D eigenvalue weighted by Crippen LogP contribution is -2.14. The van der Waals surface area contributed by atoms with Crippen molar-refractivity contribution in [3.05, 3.63) is 59.8 Å². The molecule has 1 saturated carbocycles. The number of aromatic nitrogens is 2. The number of amides is 1. The van der Waals surface area contributed by atoms with Crippen molar-refractivity contribution in [1.29, 1.82) is 0 Å². The molecule has 1 heterocycles. The first-order chi connectivity index (χ1) is 13.7. The second kappa shape index (κ2) is 7.76. The zero-order valence-electron chi connectivity index (χ0n) is 16.0. The summed E-state index contributed by atoms with van der Waals surface area (Å²) in [4.78, 5) is 12.3. The summed E-state index contributed by atoms with van der Waals surface area (Å²) < 4.78 is 10.6. The Morgan fingerprint density at radius 1 is 1.04 bits per heavy atom. The van der Waals surface area contributed by atoms with Crippen molar-refractivity contribution in [2.45, 2.75) is 25.2 Å². The van der Waals surface area contributed by atoms with Gasteiger partial charge in [0.15, 0.2) is 17.3 Å². The summed E-state index contributed by atoms with van der Waals surface area (Å²) in [5.41, 5.74) is 4.12. The maximum absolute atomic E-state index is 12.3. The number of carbonyl (C=O) groups excluding carboxylic acids is 1. The van der Waals surface area contributed by atoms with Gasteiger partial charge in [0.1, 0.15) is 0 Å². The molecule has 2 aromatic carbocycles. The van der Waals surface area contributed by atoms with Gasteiger partial charge in [-0.25, -0.2) is 0 Å². The molecule has 6 nitrogen and oxygen atoms in total. The average Bonchev–Trinajstić information content (AvgIpc) is 3.47. The van der Waals surface area contributed by atoms with Gasteiger partial charge in [-0.1, -0.05) is 30.3 Å². The number of ether oxygens (including phenoxy) is 2. The van der Waals surface area contributed by atoms with Crippen LogP contribution < -0.4 is 14.8 Å². The Bertz CT molecular complexity index is 975. The summed E-state index contributed by atoms with van der Waals surface area (Å²) in [7, 11) is 3.24. The second-order valence-electron chi connectivity index (χ2n) is 6.97. The summed E-state index contributed by atoms with van der Waals surface area (Å²) in [6.45, 7) is 0. The normalized spacial score (nSPS) is 13.2. The molecule has 28 heavy (non-hydrogen) atoms. The molecule has 0 bridgehead atoms. The Morgan fingerprint density at radius 2 is 1.75 bits per heavy atom. The third-order valence-electron chi connectivity index (χ3n) is 4.92. The Balaban J connectivity index is 1.40. The van der Waals surface area contributed by atoms with Crippen molar-refractivity contribution in [3.8, 4) is 22.6 Å². The minimum Gasteiger partial charge on any atom is -0.493 e. The van der Waals surface area contributed by atoms with Gasteiger partial charge in [-0.05, 0) is 41.7 Å². The standard InChI is InChI=1S/C22H23N3O3/c1-27-19-10-9-17(12-20(19)28-2)15-5-3-14(4-6-15)11-22(26)23-21-13-18(24-25-21)16-7-8-16/h3-6,9-10,12-13,16H,7-8,11H2,1-2H3,(H2,23,24,25,26). The molecule has 0 saturated heterocycles. The highest BCUT2D eigenvalue weighted by atomic mass is 16.5. The quantitative estimate of drug-likeness (QED) is 0.648. The Labute approximate surface area is 163 Å². The predicted octanol–water partition coefficient (Wildman–Crippen LogP) is 4.15. The molecule has 2 N–H and O–H groups in total. The molecule has 0 aliphatic heterocycles. The van der Waals surface area contributed by atoms with E-state index in [4.69, 9.17) is 9.47 Å². The molecule has 1 aliphatic rings. The number of hydrogen-bond acceptors (Lipinski definition) is 4. The topological polar surface area (TPSA) is 76.2 Å². The lowest BCUT2D eigenvalue weighted by molar-refractivity contribution is -0.115. The van der Waals surface area contributed by atoms with Crippen LogP contribution in [0.3, 0.4) is 0 Å². The summed E-state index contributed by atoms with van der Waals surface area (Å²) >= 11 is 0. The maximum Gasteiger partial charge on any atom is 0.229 e. The van der Waals surface area contributed by atoms with Crippen LogP contribution in [-0.4, -0.2) is 30.3 Å². The maximum atomic E-state index is 12.3. The first-order valence-electron chi connectivity index (χ1n) is 9.33. The van der Waals surface area contributed by atoms with Crippen LogP contribution in [-0.2, 0) is 11.2 Å². The zero-order valence-corrected chi connectivity index (χ0v) is 16.0. The van der Waals surface area contributed by atoms with Gasteiger partial charge in [0, 0.05) is 17.7 Å². The van der Waals surface area contributed by atoms with E-state index in [1.54, 1.807) is 14.2 Å². The van der Waals surface area contributed by atoms with Crippen LogP contribution in [0.25, 0.3) is 11.1 Å². The number of hydrogen-bond donors (Lipinski definition) is 2. The van der Waals surface area contributed by atoms with Crippen molar-refractivity contribution >= 4 is 11.7 Å². The van der Waals surface area contributed by atoms with Crippen LogP contribution in [0.15, 0.2) is 48.5 Å². The molecule has 4 rings (SSSR count). The fourth-order valence-electron chi connectivity index (χ4n) is 3.21. The number of nitrogens with one attached hydrogen (secondary N) is 2. The highest BCUT2D eigenvalue weighted by Gasteiger charge is 2.25. The average molecular weight is 377 g/mol. The number of H-pyrrole nitrogens is 1. The molecule has 1 fully saturated rings. The molecule has 0 spiro atoms. The summed E-state index contributed by atoms with van der Waals surface area (Å²) in [5.74, 6) is 2.49. The molecular weight excluding hydrogens is 354 g/mol. The van der Waals surface area contributed by atoms with E-state index in [2.05, 4.69) is 15.5 Å². The predicted molar refractivity (Wildman–Crippen MR) is 108 cm³/mol. The second-order valence-corrected chi connectivity index (χ2v) is 6.97. The number of carbonyl (C=O) groups is 1. The number of anilines is 1. The fraction of sp³-hybridized carbons (Fsp3) is 0.273. The Hall–Kier alpha value is -3.28. The lowest BCUT2D eigenvalue weighted by Gasteiger charge is -2.10. The number of aromatic amines is 1.